The lowest BCUT2D eigenvalue weighted by Gasteiger charge is -2.12. The van der Waals surface area contributed by atoms with E-state index in [0.717, 1.165) is 0 Å². The Morgan fingerprint density at radius 3 is 2.38 bits per heavy atom. The van der Waals surface area contributed by atoms with Crippen LogP contribution in [0.25, 0.3) is 29.0 Å². The number of methoxy groups -OCH3 is 3. The smallest absolute Gasteiger partial charge is 0.260 e. The highest BCUT2D eigenvalue weighted by atomic mass is 16.5. The number of hydrogen-bond donors (Lipinski definition) is 1. The van der Waals surface area contributed by atoms with Crippen molar-refractivity contribution in [1.82, 2.24) is 15.1 Å². The van der Waals surface area contributed by atoms with Gasteiger partial charge in [-0.2, -0.15) is 4.98 Å². The van der Waals surface area contributed by atoms with Crippen LogP contribution in [0.3, 0.4) is 0 Å². The Morgan fingerprint density at radius 2 is 1.71 bits per heavy atom. The van der Waals surface area contributed by atoms with Crippen molar-refractivity contribution < 1.29 is 23.5 Å². The molecule has 34 heavy (non-hydrogen) atoms. The van der Waals surface area contributed by atoms with Gasteiger partial charge in [-0.25, -0.2) is 0 Å². The Labute approximate surface area is 196 Å². The quantitative estimate of drug-likeness (QED) is 0.385. The highest BCUT2D eigenvalue weighted by Gasteiger charge is 2.16. The van der Waals surface area contributed by atoms with Gasteiger partial charge in [-0.15, -0.1) is 0 Å². The fraction of sp³-hybridized carbons (Fsp3) is 0.120. The van der Waals surface area contributed by atoms with Crippen molar-refractivity contribution >= 4 is 17.7 Å². The third-order valence-corrected chi connectivity index (χ3v) is 4.85. The normalized spacial score (nSPS) is 10.8. The number of benzene rings is 2. The molecule has 0 saturated heterocycles. The Kier molecular flexibility index (Phi) is 6.83. The molecule has 4 rings (SSSR count). The molecule has 0 saturated carbocycles. The molecule has 0 aliphatic carbocycles. The number of carbonyl (C=O) groups is 1. The van der Waals surface area contributed by atoms with E-state index in [-0.39, 0.29) is 11.8 Å². The van der Waals surface area contributed by atoms with Crippen molar-refractivity contribution in [1.29, 1.82) is 0 Å². The summed E-state index contributed by atoms with van der Waals surface area (Å²) in [6.45, 7) is 0. The molecule has 2 heterocycles. The van der Waals surface area contributed by atoms with Gasteiger partial charge in [0.15, 0.2) is 11.5 Å². The van der Waals surface area contributed by atoms with Crippen LogP contribution in [0, 0.1) is 0 Å². The number of para-hydroxylation sites is 1. The molecule has 0 fully saturated rings. The van der Waals surface area contributed by atoms with E-state index in [9.17, 15) is 4.79 Å². The van der Waals surface area contributed by atoms with Crippen LogP contribution in [0.5, 0.6) is 17.2 Å². The second-order valence-electron chi connectivity index (χ2n) is 6.96. The second kappa shape index (κ2) is 10.3. The number of rotatable bonds is 8. The van der Waals surface area contributed by atoms with E-state index in [4.69, 9.17) is 18.7 Å². The molecule has 1 amide bonds. The van der Waals surface area contributed by atoms with Crippen LogP contribution < -0.4 is 19.5 Å². The Balaban J connectivity index is 1.54. The minimum atomic E-state index is -0.342. The van der Waals surface area contributed by atoms with E-state index >= 15 is 0 Å². The van der Waals surface area contributed by atoms with Crippen molar-refractivity contribution in [3.05, 3.63) is 72.4 Å². The molecule has 0 radical (unpaired) electrons. The van der Waals surface area contributed by atoms with E-state index in [1.165, 1.54) is 27.4 Å². The van der Waals surface area contributed by atoms with Crippen molar-refractivity contribution in [2.24, 2.45) is 0 Å². The van der Waals surface area contributed by atoms with Gasteiger partial charge in [-0.1, -0.05) is 23.4 Å². The summed E-state index contributed by atoms with van der Waals surface area (Å²) in [6, 6.07) is 16.1. The molecule has 0 bridgehead atoms. The number of aromatic nitrogens is 3. The van der Waals surface area contributed by atoms with Gasteiger partial charge >= 0.3 is 0 Å². The van der Waals surface area contributed by atoms with Gasteiger partial charge in [0.2, 0.25) is 17.5 Å². The molecule has 0 atom stereocenters. The van der Waals surface area contributed by atoms with E-state index < -0.39 is 0 Å². The molecule has 0 spiro atoms. The zero-order valence-corrected chi connectivity index (χ0v) is 18.8. The summed E-state index contributed by atoms with van der Waals surface area (Å²) in [5.41, 5.74) is 2.41. The minimum absolute atomic E-state index is 0.269. The SMILES string of the molecule is COc1cc(/C=C/C(=O)Nc2ccccc2-c2nc(-c3ccccn3)no2)cc(OC)c1OC. The predicted octanol–water partition coefficient (Wildman–Crippen LogP) is 4.48. The molecule has 0 aliphatic heterocycles. The number of carbonyl (C=O) groups excluding carboxylic acids is 1. The van der Waals surface area contributed by atoms with Gasteiger partial charge in [0.05, 0.1) is 32.6 Å². The molecule has 1 N–H and O–H groups in total. The van der Waals surface area contributed by atoms with Crippen molar-refractivity contribution in [2.45, 2.75) is 0 Å². The Morgan fingerprint density at radius 1 is 0.971 bits per heavy atom. The zero-order chi connectivity index (χ0) is 23.9. The summed E-state index contributed by atoms with van der Waals surface area (Å²) in [5.74, 6) is 1.75. The van der Waals surface area contributed by atoms with Crippen LogP contribution in [-0.4, -0.2) is 42.4 Å². The van der Waals surface area contributed by atoms with Crippen LogP contribution in [0.1, 0.15) is 5.56 Å². The number of ether oxygens (including phenoxy) is 3. The summed E-state index contributed by atoms with van der Waals surface area (Å²) in [7, 11) is 4.60. The Hall–Kier alpha value is -4.66. The molecular formula is C25H22N4O5. The molecule has 172 valence electrons. The fourth-order valence-corrected chi connectivity index (χ4v) is 3.25. The summed E-state index contributed by atoms with van der Waals surface area (Å²) in [6.07, 6.45) is 4.71. The first-order valence-electron chi connectivity index (χ1n) is 10.3. The summed E-state index contributed by atoms with van der Waals surface area (Å²) < 4.78 is 21.5. The van der Waals surface area contributed by atoms with Crippen molar-refractivity contribution in [3.63, 3.8) is 0 Å². The minimum Gasteiger partial charge on any atom is -0.493 e. The third kappa shape index (κ3) is 4.88. The number of amides is 1. The number of hydrogen-bond acceptors (Lipinski definition) is 8. The maximum absolute atomic E-state index is 12.7. The summed E-state index contributed by atoms with van der Waals surface area (Å²) in [4.78, 5) is 21.3. The van der Waals surface area contributed by atoms with Crippen LogP contribution in [0.2, 0.25) is 0 Å². The lowest BCUT2D eigenvalue weighted by molar-refractivity contribution is -0.111. The lowest BCUT2D eigenvalue weighted by atomic mass is 10.1. The first kappa shape index (κ1) is 22.5. The number of anilines is 1. The topological polar surface area (TPSA) is 109 Å². The molecule has 4 aromatic rings. The molecule has 2 aromatic carbocycles. The van der Waals surface area contributed by atoms with Gasteiger partial charge in [-0.3, -0.25) is 9.78 Å². The largest absolute Gasteiger partial charge is 0.493 e. The average molecular weight is 458 g/mol. The van der Waals surface area contributed by atoms with Crippen LogP contribution in [-0.2, 0) is 4.79 Å². The van der Waals surface area contributed by atoms with Crippen molar-refractivity contribution in [3.8, 4) is 40.2 Å². The average Bonchev–Trinajstić information content (AvgIpc) is 3.38. The Bertz CT molecular complexity index is 1290. The first-order chi connectivity index (χ1) is 16.6. The van der Waals surface area contributed by atoms with E-state index in [2.05, 4.69) is 20.4 Å². The van der Waals surface area contributed by atoms with Crippen LogP contribution >= 0.6 is 0 Å². The molecule has 0 aliphatic rings. The van der Waals surface area contributed by atoms with Crippen molar-refractivity contribution in [2.75, 3.05) is 26.6 Å². The van der Waals surface area contributed by atoms with Gasteiger partial charge < -0.3 is 24.1 Å². The summed E-state index contributed by atoms with van der Waals surface area (Å²) in [5, 5.41) is 6.85. The monoisotopic (exact) mass is 458 g/mol. The zero-order valence-electron chi connectivity index (χ0n) is 18.8. The molecule has 0 unspecified atom stereocenters. The van der Waals surface area contributed by atoms with Gasteiger partial charge in [-0.05, 0) is 48.0 Å². The number of nitrogens with one attached hydrogen (secondary N) is 1. The number of nitrogens with zero attached hydrogens (tertiary/aromatic N) is 3. The molecule has 9 heteroatoms. The number of pyridine rings is 1. The fourth-order valence-electron chi connectivity index (χ4n) is 3.25. The molecule has 2 aromatic heterocycles. The van der Waals surface area contributed by atoms with Gasteiger partial charge in [0.25, 0.3) is 5.89 Å². The van der Waals surface area contributed by atoms with E-state index in [1.54, 1.807) is 54.7 Å². The maximum Gasteiger partial charge on any atom is 0.260 e. The highest BCUT2D eigenvalue weighted by Crippen LogP contribution is 2.38. The molecular weight excluding hydrogens is 436 g/mol. The van der Waals surface area contributed by atoms with Gasteiger partial charge in [0, 0.05) is 12.3 Å². The summed E-state index contributed by atoms with van der Waals surface area (Å²) >= 11 is 0. The first-order valence-corrected chi connectivity index (χ1v) is 10.3. The highest BCUT2D eigenvalue weighted by molar-refractivity contribution is 6.04. The van der Waals surface area contributed by atoms with Crippen LogP contribution in [0.4, 0.5) is 5.69 Å². The van der Waals surface area contributed by atoms with Crippen LogP contribution in [0.15, 0.2) is 71.4 Å². The van der Waals surface area contributed by atoms with E-state index in [1.807, 2.05) is 12.1 Å². The predicted molar refractivity (Wildman–Crippen MR) is 127 cm³/mol. The second-order valence-corrected chi connectivity index (χ2v) is 6.96. The lowest BCUT2D eigenvalue weighted by Crippen LogP contribution is -2.08. The van der Waals surface area contributed by atoms with E-state index in [0.29, 0.717) is 45.6 Å². The standard InChI is InChI=1S/C25H22N4O5/c1-31-20-14-16(15-21(32-2)23(20)33-3)11-12-22(30)27-18-9-5-4-8-17(18)25-28-24(29-34-25)19-10-6-7-13-26-19/h4-15H,1-3H3,(H,27,30)/b12-11+. The van der Waals surface area contributed by atoms with Gasteiger partial charge in [0.1, 0.15) is 5.69 Å². The maximum atomic E-state index is 12.7. The molecule has 9 nitrogen and oxygen atoms in total. The third-order valence-electron chi connectivity index (χ3n) is 4.85.